The Morgan fingerprint density at radius 2 is 1.56 bits per heavy atom. The molecule has 39 heavy (non-hydrogen) atoms. The summed E-state index contributed by atoms with van der Waals surface area (Å²) in [4.78, 5) is 15.6. The Labute approximate surface area is 233 Å². The van der Waals surface area contributed by atoms with E-state index in [-0.39, 0.29) is 11.9 Å². The summed E-state index contributed by atoms with van der Waals surface area (Å²) in [5.74, 6) is 2.38. The van der Waals surface area contributed by atoms with Gasteiger partial charge < -0.3 is 18.9 Å². The van der Waals surface area contributed by atoms with Crippen molar-refractivity contribution in [1.29, 1.82) is 0 Å². The van der Waals surface area contributed by atoms with Crippen LogP contribution in [0.15, 0.2) is 59.2 Å². The van der Waals surface area contributed by atoms with Gasteiger partial charge in [0.15, 0.2) is 0 Å². The maximum absolute atomic E-state index is 13.9. The molecular weight excluding hydrogens is 490 g/mol. The highest BCUT2D eigenvalue weighted by atomic mass is 16.5. The monoisotopic (exact) mass is 533 g/mol. The number of anilines is 1. The summed E-state index contributed by atoms with van der Waals surface area (Å²) in [7, 11) is 3.21. The van der Waals surface area contributed by atoms with Crippen LogP contribution in [0.5, 0.6) is 23.0 Å². The van der Waals surface area contributed by atoms with E-state index in [1.165, 1.54) is 11.1 Å². The lowest BCUT2D eigenvalue weighted by Crippen LogP contribution is -2.27. The number of hydrogen-bond acceptors (Lipinski definition) is 5. The predicted molar refractivity (Wildman–Crippen MR) is 159 cm³/mol. The SMILES string of the molecule is COc1ccc(N2C(=O)c3c(cc(OC/C=C(\C)CCC=C(C)C)c(C)c3OC)[C@H]2C)c(OCC=C(C)C)c1. The average Bonchev–Trinajstić information content (AvgIpc) is 3.13. The molecule has 1 aliphatic heterocycles. The molecule has 0 unspecified atom stereocenters. The Morgan fingerprint density at radius 1 is 0.897 bits per heavy atom. The largest absolute Gasteiger partial charge is 0.497 e. The van der Waals surface area contributed by atoms with E-state index in [4.69, 9.17) is 18.9 Å². The van der Waals surface area contributed by atoms with Crippen LogP contribution in [0.25, 0.3) is 0 Å². The van der Waals surface area contributed by atoms with Crippen molar-refractivity contribution in [3.63, 3.8) is 0 Å². The molecule has 0 spiro atoms. The molecule has 1 aliphatic rings. The van der Waals surface area contributed by atoms with Crippen LogP contribution < -0.4 is 23.8 Å². The molecule has 2 aromatic carbocycles. The van der Waals surface area contributed by atoms with Crippen molar-refractivity contribution in [2.45, 2.75) is 67.3 Å². The second-order valence-corrected chi connectivity index (χ2v) is 10.5. The van der Waals surface area contributed by atoms with Gasteiger partial charge in [0, 0.05) is 11.6 Å². The normalized spacial score (nSPS) is 14.6. The van der Waals surface area contributed by atoms with E-state index in [1.807, 2.05) is 58.0 Å². The van der Waals surface area contributed by atoms with Gasteiger partial charge in [-0.15, -0.1) is 0 Å². The van der Waals surface area contributed by atoms with Crippen molar-refractivity contribution in [3.05, 3.63) is 75.9 Å². The molecule has 6 heteroatoms. The molecule has 0 aromatic heterocycles. The third-order valence-corrected chi connectivity index (χ3v) is 6.91. The van der Waals surface area contributed by atoms with Gasteiger partial charge in [-0.05, 0) is 97.2 Å². The standard InChI is InChI=1S/C33H43NO5/c1-21(2)11-10-12-23(5)16-18-38-29-20-27-25(7)34(33(35)31(27)32(37-9)24(29)6)28-14-13-26(36-8)19-30(28)39-17-15-22(3)4/h11,13-16,19-20,25H,10,12,17-18H2,1-9H3/b23-16+/t25-/m1/s1. The minimum absolute atomic E-state index is 0.128. The molecule has 0 N–H and O–H groups in total. The minimum Gasteiger partial charge on any atom is -0.497 e. The number of carbonyl (C=O) groups excluding carboxylic acids is 1. The summed E-state index contributed by atoms with van der Waals surface area (Å²) >= 11 is 0. The topological polar surface area (TPSA) is 57.2 Å². The van der Waals surface area contributed by atoms with Crippen LogP contribution in [-0.2, 0) is 0 Å². The van der Waals surface area contributed by atoms with Crippen LogP contribution >= 0.6 is 0 Å². The molecule has 2 aromatic rings. The van der Waals surface area contributed by atoms with Crippen molar-refractivity contribution in [1.82, 2.24) is 0 Å². The van der Waals surface area contributed by atoms with Crippen LogP contribution in [0.1, 0.15) is 81.9 Å². The lowest BCUT2D eigenvalue weighted by molar-refractivity contribution is 0.0989. The fourth-order valence-electron chi connectivity index (χ4n) is 4.66. The predicted octanol–water partition coefficient (Wildman–Crippen LogP) is 8.15. The van der Waals surface area contributed by atoms with Gasteiger partial charge in [0.05, 0.1) is 31.5 Å². The maximum Gasteiger partial charge on any atom is 0.263 e. The van der Waals surface area contributed by atoms with Crippen molar-refractivity contribution in [2.75, 3.05) is 32.3 Å². The Morgan fingerprint density at radius 3 is 2.21 bits per heavy atom. The first-order valence-corrected chi connectivity index (χ1v) is 13.5. The molecular formula is C33H43NO5. The summed E-state index contributed by atoms with van der Waals surface area (Å²) in [6, 6.07) is 7.27. The highest BCUT2D eigenvalue weighted by Gasteiger charge is 2.40. The highest BCUT2D eigenvalue weighted by molar-refractivity contribution is 6.14. The maximum atomic E-state index is 13.9. The smallest absolute Gasteiger partial charge is 0.263 e. The molecule has 1 amide bonds. The van der Waals surface area contributed by atoms with Crippen LogP contribution in [0, 0.1) is 6.92 Å². The lowest BCUT2D eigenvalue weighted by Gasteiger charge is -2.25. The number of amides is 1. The first-order chi connectivity index (χ1) is 18.6. The van der Waals surface area contributed by atoms with E-state index in [0.29, 0.717) is 41.7 Å². The Bertz CT molecular complexity index is 1280. The van der Waals surface area contributed by atoms with Crippen LogP contribution in [0.2, 0.25) is 0 Å². The molecule has 1 heterocycles. The lowest BCUT2D eigenvalue weighted by atomic mass is 10.0. The first kappa shape index (κ1) is 29.9. The van der Waals surface area contributed by atoms with Crippen molar-refractivity contribution in [3.8, 4) is 23.0 Å². The minimum atomic E-state index is -0.245. The summed E-state index contributed by atoms with van der Waals surface area (Å²) in [5.41, 5.74) is 6.70. The van der Waals surface area contributed by atoms with Crippen molar-refractivity contribution < 1.29 is 23.7 Å². The number of allylic oxidation sites excluding steroid dienone is 4. The summed E-state index contributed by atoms with van der Waals surface area (Å²) in [5, 5.41) is 0. The zero-order valence-corrected chi connectivity index (χ0v) is 24.9. The van der Waals surface area contributed by atoms with E-state index in [9.17, 15) is 4.79 Å². The van der Waals surface area contributed by atoms with Gasteiger partial charge in [-0.2, -0.15) is 0 Å². The van der Waals surface area contributed by atoms with Gasteiger partial charge in [0.25, 0.3) is 5.91 Å². The zero-order valence-electron chi connectivity index (χ0n) is 24.9. The van der Waals surface area contributed by atoms with Crippen LogP contribution in [0.4, 0.5) is 5.69 Å². The molecule has 0 fully saturated rings. The fraction of sp³-hybridized carbons (Fsp3) is 0.424. The molecule has 210 valence electrons. The number of ether oxygens (including phenoxy) is 4. The second-order valence-electron chi connectivity index (χ2n) is 10.5. The molecule has 3 rings (SSSR count). The molecule has 6 nitrogen and oxygen atoms in total. The van der Waals surface area contributed by atoms with Gasteiger partial charge in [-0.1, -0.05) is 22.8 Å². The first-order valence-electron chi connectivity index (χ1n) is 13.5. The average molecular weight is 534 g/mol. The molecule has 0 bridgehead atoms. The van der Waals surface area contributed by atoms with Gasteiger partial charge in [0.2, 0.25) is 0 Å². The highest BCUT2D eigenvalue weighted by Crippen LogP contribution is 2.48. The zero-order chi connectivity index (χ0) is 28.7. The number of hydrogen-bond donors (Lipinski definition) is 0. The molecule has 0 saturated carbocycles. The number of carbonyl (C=O) groups is 1. The molecule has 0 saturated heterocycles. The third-order valence-electron chi connectivity index (χ3n) is 6.91. The van der Waals surface area contributed by atoms with E-state index in [1.54, 1.807) is 19.1 Å². The number of rotatable bonds is 12. The number of methoxy groups -OCH3 is 2. The summed E-state index contributed by atoms with van der Waals surface area (Å²) < 4.78 is 23.5. The quantitative estimate of drug-likeness (QED) is 0.258. The Balaban J connectivity index is 1.92. The van der Waals surface area contributed by atoms with E-state index < -0.39 is 0 Å². The molecule has 0 aliphatic carbocycles. The van der Waals surface area contributed by atoms with Crippen LogP contribution in [-0.4, -0.2) is 33.3 Å². The summed E-state index contributed by atoms with van der Waals surface area (Å²) in [6.07, 6.45) is 8.39. The third kappa shape index (κ3) is 7.05. The Hall–Kier alpha value is -3.67. The second kappa shape index (κ2) is 13.4. The van der Waals surface area contributed by atoms with Crippen molar-refractivity contribution >= 4 is 11.6 Å². The number of nitrogens with zero attached hydrogens (tertiary/aromatic N) is 1. The molecule has 1 atom stereocenters. The Kier molecular flexibility index (Phi) is 10.3. The van der Waals surface area contributed by atoms with Gasteiger partial charge in [0.1, 0.15) is 36.2 Å². The van der Waals surface area contributed by atoms with Gasteiger partial charge in [-0.3, -0.25) is 9.69 Å². The van der Waals surface area contributed by atoms with Crippen molar-refractivity contribution in [2.24, 2.45) is 0 Å². The van der Waals surface area contributed by atoms with Gasteiger partial charge >= 0.3 is 0 Å². The van der Waals surface area contributed by atoms with E-state index >= 15 is 0 Å². The number of benzene rings is 2. The van der Waals surface area contributed by atoms with E-state index in [2.05, 4.69) is 32.9 Å². The van der Waals surface area contributed by atoms with Gasteiger partial charge in [-0.25, -0.2) is 0 Å². The molecule has 0 radical (unpaired) electrons. The van der Waals surface area contributed by atoms with E-state index in [0.717, 1.165) is 35.3 Å². The van der Waals surface area contributed by atoms with Crippen LogP contribution in [0.3, 0.4) is 0 Å². The fourth-order valence-corrected chi connectivity index (χ4v) is 4.66. The number of fused-ring (bicyclic) bond motifs is 1. The summed E-state index contributed by atoms with van der Waals surface area (Å²) in [6.45, 7) is 15.2.